The monoisotopic (exact) mass is 299 g/mol. The van der Waals surface area contributed by atoms with E-state index in [9.17, 15) is 4.79 Å². The lowest BCUT2D eigenvalue weighted by atomic mass is 10.1. The fourth-order valence-electron chi connectivity index (χ4n) is 2.87. The van der Waals surface area contributed by atoms with Crippen molar-refractivity contribution < 1.29 is 14.3 Å². The number of nitrogens with zero attached hydrogens (tertiary/aromatic N) is 1. The quantitative estimate of drug-likeness (QED) is 0.763. The number of hydrogen-bond donors (Lipinski definition) is 0. The number of aromatic nitrogens is 1. The van der Waals surface area contributed by atoms with Gasteiger partial charge in [0.25, 0.3) is 0 Å². The van der Waals surface area contributed by atoms with Gasteiger partial charge >= 0.3 is 0 Å². The van der Waals surface area contributed by atoms with Crippen LogP contribution < -0.4 is 9.47 Å². The standard InChI is InChI=1S/C18H21NO3/c1-12-9-17(13(2)19(12)14-7-8-14)18(20)11-22-16-6-4-5-15(10-16)21-3/h4-6,9-10,14H,7-8,11H2,1-3H3. The molecule has 0 saturated heterocycles. The molecular formula is C18H21NO3. The number of ketones is 1. The van der Waals surface area contributed by atoms with Crippen molar-refractivity contribution in [2.45, 2.75) is 32.7 Å². The predicted molar refractivity (Wildman–Crippen MR) is 85.0 cm³/mol. The second kappa shape index (κ2) is 5.87. The third kappa shape index (κ3) is 2.86. The van der Waals surface area contributed by atoms with Crippen LogP contribution in [0.1, 0.15) is 40.6 Å². The van der Waals surface area contributed by atoms with Gasteiger partial charge in [-0.2, -0.15) is 0 Å². The van der Waals surface area contributed by atoms with Crippen LogP contribution in [0.25, 0.3) is 0 Å². The molecule has 0 atom stereocenters. The summed E-state index contributed by atoms with van der Waals surface area (Å²) in [6.07, 6.45) is 2.43. The fraction of sp³-hybridized carbons (Fsp3) is 0.389. The Balaban J connectivity index is 1.70. The number of benzene rings is 1. The summed E-state index contributed by atoms with van der Waals surface area (Å²) in [5, 5.41) is 0. The van der Waals surface area contributed by atoms with Crippen molar-refractivity contribution >= 4 is 5.78 Å². The van der Waals surface area contributed by atoms with Gasteiger partial charge in [0.2, 0.25) is 5.78 Å². The first kappa shape index (κ1) is 14.7. The van der Waals surface area contributed by atoms with E-state index in [2.05, 4.69) is 11.5 Å². The van der Waals surface area contributed by atoms with Crippen LogP contribution >= 0.6 is 0 Å². The van der Waals surface area contributed by atoms with Gasteiger partial charge < -0.3 is 14.0 Å². The number of hydrogen-bond acceptors (Lipinski definition) is 3. The summed E-state index contributed by atoms with van der Waals surface area (Å²) < 4.78 is 13.0. The minimum absolute atomic E-state index is 0.0165. The number of aryl methyl sites for hydroxylation is 1. The average Bonchev–Trinajstić information content (AvgIpc) is 3.30. The molecule has 1 aromatic carbocycles. The van der Waals surface area contributed by atoms with Crippen molar-refractivity contribution in [3.63, 3.8) is 0 Å². The number of methoxy groups -OCH3 is 1. The molecular weight excluding hydrogens is 278 g/mol. The first-order valence-electron chi connectivity index (χ1n) is 7.58. The molecule has 4 heteroatoms. The number of carbonyl (C=O) groups excluding carboxylic acids is 1. The molecule has 0 radical (unpaired) electrons. The van der Waals surface area contributed by atoms with Crippen LogP contribution in [0.5, 0.6) is 11.5 Å². The SMILES string of the molecule is COc1cccc(OCC(=O)c2cc(C)n(C3CC3)c2C)c1. The summed E-state index contributed by atoms with van der Waals surface area (Å²) in [5.41, 5.74) is 2.98. The summed E-state index contributed by atoms with van der Waals surface area (Å²) >= 11 is 0. The maximum absolute atomic E-state index is 12.4. The van der Waals surface area contributed by atoms with Crippen molar-refractivity contribution in [3.8, 4) is 11.5 Å². The van der Waals surface area contributed by atoms with E-state index in [1.165, 1.54) is 12.8 Å². The highest BCUT2D eigenvalue weighted by atomic mass is 16.5. The zero-order valence-corrected chi connectivity index (χ0v) is 13.3. The van der Waals surface area contributed by atoms with Crippen molar-refractivity contribution in [3.05, 3.63) is 47.3 Å². The summed E-state index contributed by atoms with van der Waals surface area (Å²) in [7, 11) is 1.61. The maximum atomic E-state index is 12.4. The molecule has 1 saturated carbocycles. The Morgan fingerprint density at radius 2 is 1.95 bits per heavy atom. The highest BCUT2D eigenvalue weighted by Crippen LogP contribution is 2.38. The Morgan fingerprint density at radius 1 is 1.23 bits per heavy atom. The lowest BCUT2D eigenvalue weighted by molar-refractivity contribution is 0.0920. The predicted octanol–water partition coefficient (Wildman–Crippen LogP) is 3.71. The van der Waals surface area contributed by atoms with Gasteiger partial charge in [-0.15, -0.1) is 0 Å². The van der Waals surface area contributed by atoms with Crippen LogP contribution in [-0.2, 0) is 0 Å². The number of carbonyl (C=O) groups is 1. The second-order valence-corrected chi connectivity index (χ2v) is 5.78. The fourth-order valence-corrected chi connectivity index (χ4v) is 2.87. The van der Waals surface area contributed by atoms with Gasteiger partial charge in [-0.1, -0.05) is 6.07 Å². The molecule has 0 spiro atoms. The van der Waals surface area contributed by atoms with Crippen molar-refractivity contribution in [1.29, 1.82) is 0 Å². The summed E-state index contributed by atoms with van der Waals surface area (Å²) in [6.45, 7) is 4.12. The molecule has 4 nitrogen and oxygen atoms in total. The lowest BCUT2D eigenvalue weighted by Gasteiger charge is -2.09. The van der Waals surface area contributed by atoms with Gasteiger partial charge in [0.1, 0.15) is 11.5 Å². The van der Waals surface area contributed by atoms with E-state index >= 15 is 0 Å². The first-order valence-corrected chi connectivity index (χ1v) is 7.58. The molecule has 0 aliphatic heterocycles. The average molecular weight is 299 g/mol. The summed E-state index contributed by atoms with van der Waals surface area (Å²) in [5.74, 6) is 1.38. The Hall–Kier alpha value is -2.23. The third-order valence-corrected chi connectivity index (χ3v) is 4.11. The molecule has 22 heavy (non-hydrogen) atoms. The number of rotatable bonds is 6. The Kier molecular flexibility index (Phi) is 3.92. The highest BCUT2D eigenvalue weighted by Gasteiger charge is 2.28. The van der Waals surface area contributed by atoms with E-state index in [-0.39, 0.29) is 12.4 Å². The van der Waals surface area contributed by atoms with Gasteiger partial charge in [0, 0.05) is 29.1 Å². The smallest absolute Gasteiger partial charge is 0.202 e. The van der Waals surface area contributed by atoms with Crippen LogP contribution in [0.15, 0.2) is 30.3 Å². The van der Waals surface area contributed by atoms with Gasteiger partial charge in [-0.25, -0.2) is 0 Å². The second-order valence-electron chi connectivity index (χ2n) is 5.78. The van der Waals surface area contributed by atoms with Crippen molar-refractivity contribution in [1.82, 2.24) is 4.57 Å². The Morgan fingerprint density at radius 3 is 2.64 bits per heavy atom. The zero-order valence-electron chi connectivity index (χ0n) is 13.3. The third-order valence-electron chi connectivity index (χ3n) is 4.11. The molecule has 1 fully saturated rings. The van der Waals surface area contributed by atoms with Crippen LogP contribution in [0.3, 0.4) is 0 Å². The Labute approximate surface area is 130 Å². The molecule has 1 heterocycles. The summed E-state index contributed by atoms with van der Waals surface area (Å²) in [4.78, 5) is 12.4. The van der Waals surface area contributed by atoms with E-state index in [1.54, 1.807) is 13.2 Å². The first-order chi connectivity index (χ1) is 10.6. The van der Waals surface area contributed by atoms with Gasteiger partial charge in [0.15, 0.2) is 6.61 Å². The van der Waals surface area contributed by atoms with E-state index in [4.69, 9.17) is 9.47 Å². The topological polar surface area (TPSA) is 40.5 Å². The Bertz CT molecular complexity index is 698. The normalized spacial score (nSPS) is 14.0. The van der Waals surface area contributed by atoms with Gasteiger partial charge in [-0.3, -0.25) is 4.79 Å². The molecule has 116 valence electrons. The molecule has 1 aliphatic rings. The van der Waals surface area contributed by atoms with Crippen LogP contribution in [0.4, 0.5) is 0 Å². The van der Waals surface area contributed by atoms with Crippen molar-refractivity contribution in [2.75, 3.05) is 13.7 Å². The lowest BCUT2D eigenvalue weighted by Crippen LogP contribution is -2.12. The minimum Gasteiger partial charge on any atom is -0.497 e. The van der Waals surface area contributed by atoms with Crippen LogP contribution in [0.2, 0.25) is 0 Å². The maximum Gasteiger partial charge on any atom is 0.202 e. The van der Waals surface area contributed by atoms with Crippen LogP contribution in [0, 0.1) is 13.8 Å². The highest BCUT2D eigenvalue weighted by molar-refractivity contribution is 5.98. The molecule has 0 N–H and O–H groups in total. The van der Waals surface area contributed by atoms with Crippen molar-refractivity contribution in [2.24, 2.45) is 0 Å². The summed E-state index contributed by atoms with van der Waals surface area (Å²) in [6, 6.07) is 9.85. The number of ether oxygens (including phenoxy) is 2. The largest absolute Gasteiger partial charge is 0.497 e. The van der Waals surface area contributed by atoms with E-state index in [0.29, 0.717) is 11.8 Å². The van der Waals surface area contributed by atoms with Gasteiger partial charge in [0.05, 0.1) is 7.11 Å². The van der Waals surface area contributed by atoms with E-state index < -0.39 is 0 Å². The van der Waals surface area contributed by atoms with Gasteiger partial charge in [-0.05, 0) is 44.9 Å². The van der Waals surface area contributed by atoms with E-state index in [1.807, 2.05) is 31.2 Å². The molecule has 0 amide bonds. The van der Waals surface area contributed by atoms with Crippen LogP contribution in [-0.4, -0.2) is 24.1 Å². The molecule has 0 bridgehead atoms. The molecule has 2 aromatic rings. The zero-order chi connectivity index (χ0) is 15.7. The number of Topliss-reactive ketones (excluding diaryl/α,β-unsaturated/α-hetero) is 1. The molecule has 1 aliphatic carbocycles. The molecule has 0 unspecified atom stereocenters. The minimum atomic E-state index is 0.0165. The van der Waals surface area contributed by atoms with E-state index in [0.717, 1.165) is 22.7 Å². The molecule has 3 rings (SSSR count). The molecule has 1 aromatic heterocycles.